The van der Waals surface area contributed by atoms with Gasteiger partial charge in [0.2, 0.25) is 0 Å². The topological polar surface area (TPSA) is 35.2 Å². The van der Waals surface area contributed by atoms with Gasteiger partial charge in [0, 0.05) is 10.4 Å². The van der Waals surface area contributed by atoms with E-state index in [0.717, 1.165) is 21.6 Å². The molecule has 19 heavy (non-hydrogen) atoms. The Hall–Kier alpha value is -1.84. The van der Waals surface area contributed by atoms with Crippen molar-refractivity contribution in [3.8, 4) is 5.75 Å². The van der Waals surface area contributed by atoms with Crippen molar-refractivity contribution >= 4 is 22.1 Å². The highest BCUT2D eigenvalue weighted by atomic mass is 32.1. The summed E-state index contributed by atoms with van der Waals surface area (Å²) in [5, 5.41) is 4.39. The number of nitrogens with two attached hydrogens (primary N) is 1. The molecule has 2 aromatic carbocycles. The lowest BCUT2D eigenvalue weighted by Gasteiger charge is -2.17. The number of hydrogen-bond donors (Lipinski definition) is 1. The maximum atomic E-state index is 6.43. The first-order valence-electron chi connectivity index (χ1n) is 6.16. The second-order valence-corrected chi connectivity index (χ2v) is 5.37. The minimum absolute atomic E-state index is 0.152. The third-order valence-corrected chi connectivity index (χ3v) is 4.27. The fourth-order valence-electron chi connectivity index (χ4n) is 2.38. The van der Waals surface area contributed by atoms with E-state index >= 15 is 0 Å². The van der Waals surface area contributed by atoms with Crippen molar-refractivity contribution < 1.29 is 4.74 Å². The van der Waals surface area contributed by atoms with Gasteiger partial charge in [-0.15, -0.1) is 11.3 Å². The van der Waals surface area contributed by atoms with Crippen LogP contribution in [0.3, 0.4) is 0 Å². The lowest BCUT2D eigenvalue weighted by molar-refractivity contribution is 0.409. The molecule has 1 aromatic heterocycles. The van der Waals surface area contributed by atoms with Crippen LogP contribution in [0, 0.1) is 0 Å². The van der Waals surface area contributed by atoms with Gasteiger partial charge in [-0.2, -0.15) is 0 Å². The molecule has 0 spiro atoms. The molecule has 2 nitrogen and oxygen atoms in total. The average Bonchev–Trinajstić information content (AvgIpc) is 2.99. The standard InChI is InChI=1S/C16H15NOS/c1-18-13-9-8-11-5-2-3-6-12(11)15(13)16(17)14-7-4-10-19-14/h2-10,16H,17H2,1H3/t16-/m1/s1. The molecule has 3 heteroatoms. The van der Waals surface area contributed by atoms with Crippen LogP contribution in [0.5, 0.6) is 5.75 Å². The van der Waals surface area contributed by atoms with E-state index in [-0.39, 0.29) is 6.04 Å². The maximum Gasteiger partial charge on any atom is 0.124 e. The number of fused-ring (bicyclic) bond motifs is 1. The van der Waals surface area contributed by atoms with E-state index < -0.39 is 0 Å². The highest BCUT2D eigenvalue weighted by Crippen LogP contribution is 2.36. The molecule has 0 aliphatic carbocycles. The van der Waals surface area contributed by atoms with Crippen molar-refractivity contribution in [2.45, 2.75) is 6.04 Å². The molecular formula is C16H15NOS. The summed E-state index contributed by atoms with van der Waals surface area (Å²) in [7, 11) is 1.69. The number of ether oxygens (including phenoxy) is 1. The van der Waals surface area contributed by atoms with Crippen LogP contribution in [0.1, 0.15) is 16.5 Å². The molecular weight excluding hydrogens is 254 g/mol. The predicted octanol–water partition coefficient (Wildman–Crippen LogP) is 3.96. The fourth-order valence-corrected chi connectivity index (χ4v) is 3.12. The van der Waals surface area contributed by atoms with Crippen molar-refractivity contribution in [3.63, 3.8) is 0 Å². The van der Waals surface area contributed by atoms with Gasteiger partial charge in [0.15, 0.2) is 0 Å². The van der Waals surface area contributed by atoms with Gasteiger partial charge in [0.1, 0.15) is 5.75 Å². The van der Waals surface area contributed by atoms with Crippen molar-refractivity contribution in [1.82, 2.24) is 0 Å². The smallest absolute Gasteiger partial charge is 0.124 e. The third kappa shape index (κ3) is 2.11. The van der Waals surface area contributed by atoms with Gasteiger partial charge in [-0.05, 0) is 28.3 Å². The van der Waals surface area contributed by atoms with E-state index in [0.29, 0.717) is 0 Å². The molecule has 0 aliphatic rings. The van der Waals surface area contributed by atoms with Gasteiger partial charge in [0.05, 0.1) is 13.2 Å². The van der Waals surface area contributed by atoms with Gasteiger partial charge < -0.3 is 10.5 Å². The zero-order chi connectivity index (χ0) is 13.2. The lowest BCUT2D eigenvalue weighted by atomic mass is 9.97. The van der Waals surface area contributed by atoms with Gasteiger partial charge in [-0.25, -0.2) is 0 Å². The average molecular weight is 269 g/mol. The highest BCUT2D eigenvalue weighted by molar-refractivity contribution is 7.10. The number of hydrogen-bond acceptors (Lipinski definition) is 3. The van der Waals surface area contributed by atoms with Crippen LogP contribution in [-0.2, 0) is 0 Å². The molecule has 1 heterocycles. The van der Waals surface area contributed by atoms with E-state index in [4.69, 9.17) is 10.5 Å². The molecule has 96 valence electrons. The molecule has 0 aliphatic heterocycles. The summed E-state index contributed by atoms with van der Waals surface area (Å²) in [6, 6.07) is 16.3. The minimum atomic E-state index is -0.152. The number of benzene rings is 2. The van der Waals surface area contributed by atoms with Crippen molar-refractivity contribution in [2.75, 3.05) is 7.11 Å². The molecule has 0 amide bonds. The quantitative estimate of drug-likeness (QED) is 0.781. The fraction of sp³-hybridized carbons (Fsp3) is 0.125. The van der Waals surface area contributed by atoms with Gasteiger partial charge in [0.25, 0.3) is 0 Å². The minimum Gasteiger partial charge on any atom is -0.496 e. The van der Waals surface area contributed by atoms with Gasteiger partial charge in [-0.1, -0.05) is 36.4 Å². The summed E-state index contributed by atoms with van der Waals surface area (Å²) < 4.78 is 5.50. The Morgan fingerprint density at radius 1 is 1.05 bits per heavy atom. The largest absolute Gasteiger partial charge is 0.496 e. The van der Waals surface area contributed by atoms with Crippen LogP contribution in [-0.4, -0.2) is 7.11 Å². The summed E-state index contributed by atoms with van der Waals surface area (Å²) >= 11 is 1.67. The van der Waals surface area contributed by atoms with Crippen LogP contribution in [0.25, 0.3) is 10.8 Å². The van der Waals surface area contributed by atoms with Crippen LogP contribution >= 0.6 is 11.3 Å². The Balaban J connectivity index is 2.25. The Bertz CT molecular complexity index is 691. The molecule has 0 fully saturated rings. The summed E-state index contributed by atoms with van der Waals surface area (Å²) in [6.45, 7) is 0. The summed E-state index contributed by atoms with van der Waals surface area (Å²) in [4.78, 5) is 1.15. The predicted molar refractivity (Wildman–Crippen MR) is 80.8 cm³/mol. The highest BCUT2D eigenvalue weighted by Gasteiger charge is 2.17. The van der Waals surface area contributed by atoms with E-state index in [2.05, 4.69) is 24.3 Å². The molecule has 0 saturated heterocycles. The monoisotopic (exact) mass is 269 g/mol. The second-order valence-electron chi connectivity index (χ2n) is 4.40. The number of thiophene rings is 1. The summed E-state index contributed by atoms with van der Waals surface area (Å²) in [6.07, 6.45) is 0. The zero-order valence-corrected chi connectivity index (χ0v) is 11.5. The van der Waals surface area contributed by atoms with Gasteiger partial charge >= 0.3 is 0 Å². The van der Waals surface area contributed by atoms with E-state index in [1.54, 1.807) is 18.4 Å². The molecule has 3 aromatic rings. The maximum absolute atomic E-state index is 6.43. The van der Waals surface area contributed by atoms with Crippen LogP contribution in [0.15, 0.2) is 53.9 Å². The second kappa shape index (κ2) is 5.03. The summed E-state index contributed by atoms with van der Waals surface area (Å²) in [5.74, 6) is 0.847. The molecule has 0 saturated carbocycles. The SMILES string of the molecule is COc1ccc2ccccc2c1[C@H](N)c1cccs1. The third-order valence-electron chi connectivity index (χ3n) is 3.31. The Kier molecular flexibility index (Phi) is 3.23. The molecule has 0 radical (unpaired) electrons. The molecule has 0 bridgehead atoms. The molecule has 0 unspecified atom stereocenters. The van der Waals surface area contributed by atoms with Crippen molar-refractivity contribution in [1.29, 1.82) is 0 Å². The Labute approximate surface area is 116 Å². The van der Waals surface area contributed by atoms with E-state index in [1.165, 1.54) is 5.39 Å². The zero-order valence-electron chi connectivity index (χ0n) is 10.7. The molecule has 1 atom stereocenters. The Morgan fingerprint density at radius 3 is 2.63 bits per heavy atom. The first-order valence-corrected chi connectivity index (χ1v) is 7.04. The number of rotatable bonds is 3. The lowest BCUT2D eigenvalue weighted by Crippen LogP contribution is -2.12. The molecule has 3 rings (SSSR count). The Morgan fingerprint density at radius 2 is 1.89 bits per heavy atom. The van der Waals surface area contributed by atoms with Crippen LogP contribution in [0.2, 0.25) is 0 Å². The number of methoxy groups -OCH3 is 1. The van der Waals surface area contributed by atoms with Crippen LogP contribution in [0.4, 0.5) is 0 Å². The van der Waals surface area contributed by atoms with Crippen molar-refractivity contribution in [2.24, 2.45) is 5.73 Å². The molecule has 2 N–H and O–H groups in total. The first kappa shape index (κ1) is 12.2. The van der Waals surface area contributed by atoms with Crippen molar-refractivity contribution in [3.05, 3.63) is 64.4 Å². The van der Waals surface area contributed by atoms with E-state index in [9.17, 15) is 0 Å². The summed E-state index contributed by atoms with van der Waals surface area (Å²) in [5.41, 5.74) is 7.49. The van der Waals surface area contributed by atoms with Crippen LogP contribution < -0.4 is 10.5 Å². The normalized spacial score (nSPS) is 12.5. The van der Waals surface area contributed by atoms with E-state index in [1.807, 2.05) is 29.6 Å². The van der Waals surface area contributed by atoms with Gasteiger partial charge in [-0.3, -0.25) is 0 Å². The first-order chi connectivity index (χ1) is 9.31.